The largest absolute Gasteiger partial charge is 0.353 e. The van der Waals surface area contributed by atoms with Crippen molar-refractivity contribution in [3.05, 3.63) is 88.3 Å². The maximum Gasteiger partial charge on any atom is 0.204 e. The van der Waals surface area contributed by atoms with E-state index in [1.54, 1.807) is 12.3 Å². The zero-order valence-corrected chi connectivity index (χ0v) is 20.0. The minimum atomic E-state index is 0.584. The first kappa shape index (κ1) is 22.3. The van der Waals surface area contributed by atoms with Crippen LogP contribution in [0.1, 0.15) is 5.56 Å². The molecule has 5 rings (SSSR count). The number of aromatic nitrogens is 4. The minimum absolute atomic E-state index is 0.584. The number of piperazine rings is 1. The number of para-hydroxylation sites is 1. The predicted octanol–water partition coefficient (Wildman–Crippen LogP) is 4.77. The summed E-state index contributed by atoms with van der Waals surface area (Å²) in [5.41, 5.74) is 2.52. The first-order valence-corrected chi connectivity index (χ1v) is 11.8. The van der Waals surface area contributed by atoms with Crippen molar-refractivity contribution in [2.45, 2.75) is 6.67 Å². The molecule has 0 aliphatic carbocycles. The topological polar surface area (TPSA) is 65.9 Å². The monoisotopic (exact) mass is 487 g/mol. The van der Waals surface area contributed by atoms with Crippen molar-refractivity contribution in [3.8, 4) is 23.1 Å². The zero-order valence-electron chi connectivity index (χ0n) is 18.4. The smallest absolute Gasteiger partial charge is 0.204 e. The lowest BCUT2D eigenvalue weighted by Crippen LogP contribution is -2.47. The summed E-state index contributed by atoms with van der Waals surface area (Å²) in [6, 6.07) is 23.5. The molecule has 0 saturated carbocycles. The van der Waals surface area contributed by atoms with Gasteiger partial charge in [-0.25, -0.2) is 9.67 Å². The molecular weight excluding hydrogens is 466 g/mol. The number of halogens is 1. The molecule has 9 heteroatoms. The summed E-state index contributed by atoms with van der Waals surface area (Å²) in [4.78, 5) is 8.90. The molecule has 1 saturated heterocycles. The van der Waals surface area contributed by atoms with Gasteiger partial charge in [0.15, 0.2) is 5.82 Å². The Hall–Kier alpha value is -3.51. The van der Waals surface area contributed by atoms with E-state index in [1.807, 2.05) is 69.9 Å². The van der Waals surface area contributed by atoms with E-state index in [2.05, 4.69) is 20.9 Å². The molecule has 0 N–H and O–H groups in total. The van der Waals surface area contributed by atoms with Crippen LogP contribution < -0.4 is 4.90 Å². The van der Waals surface area contributed by atoms with Crippen LogP contribution in [0.2, 0.25) is 5.02 Å². The number of anilines is 1. The fourth-order valence-electron chi connectivity index (χ4n) is 4.12. The van der Waals surface area contributed by atoms with E-state index < -0.39 is 0 Å². The third-order valence-electron chi connectivity index (χ3n) is 5.87. The average Bonchev–Trinajstić information content (AvgIpc) is 3.21. The fourth-order valence-corrected chi connectivity index (χ4v) is 4.54. The Kier molecular flexibility index (Phi) is 6.41. The summed E-state index contributed by atoms with van der Waals surface area (Å²) in [6.07, 6.45) is 1.73. The molecule has 0 spiro atoms. The van der Waals surface area contributed by atoms with E-state index in [1.165, 1.54) is 0 Å². The molecule has 2 aromatic carbocycles. The van der Waals surface area contributed by atoms with Gasteiger partial charge < -0.3 is 4.90 Å². The highest BCUT2D eigenvalue weighted by Gasteiger charge is 2.22. The second-order valence-corrected chi connectivity index (χ2v) is 8.82. The second kappa shape index (κ2) is 9.77. The highest BCUT2D eigenvalue weighted by molar-refractivity contribution is 7.71. The standard InChI is InChI=1S/C25H22ClN7S/c26-21-10-8-19(9-11-21)24-29-32(25(34)33(24)22-6-2-1-3-7-22)18-30-13-15-31(16-14-30)23-20(17-27)5-4-12-28-23/h1-12H,13-16,18H2. The van der Waals surface area contributed by atoms with Crippen molar-refractivity contribution in [1.82, 2.24) is 24.2 Å². The molecule has 170 valence electrons. The number of hydrogen-bond donors (Lipinski definition) is 0. The third kappa shape index (κ3) is 4.46. The van der Waals surface area contributed by atoms with Gasteiger partial charge in [-0.05, 0) is 60.7 Å². The Balaban J connectivity index is 1.40. The van der Waals surface area contributed by atoms with Crippen LogP contribution in [0.15, 0.2) is 72.9 Å². The molecule has 0 bridgehead atoms. The summed E-state index contributed by atoms with van der Waals surface area (Å²) in [6.45, 7) is 3.78. The SMILES string of the molecule is N#Cc1cccnc1N1CCN(Cn2nc(-c3ccc(Cl)cc3)n(-c3ccccc3)c2=S)CC1. The maximum absolute atomic E-state index is 9.40. The molecule has 7 nitrogen and oxygen atoms in total. The van der Waals surface area contributed by atoms with Crippen LogP contribution >= 0.6 is 23.8 Å². The van der Waals surface area contributed by atoms with Crippen LogP contribution in [0.4, 0.5) is 5.82 Å². The van der Waals surface area contributed by atoms with Gasteiger partial charge in [0.25, 0.3) is 0 Å². The summed E-state index contributed by atoms with van der Waals surface area (Å²) in [7, 11) is 0. The molecule has 0 unspecified atom stereocenters. The summed E-state index contributed by atoms with van der Waals surface area (Å²) >= 11 is 12.0. The van der Waals surface area contributed by atoms with E-state index >= 15 is 0 Å². The van der Waals surface area contributed by atoms with Crippen LogP contribution in [0, 0.1) is 16.1 Å². The van der Waals surface area contributed by atoms with Gasteiger partial charge >= 0.3 is 0 Å². The normalized spacial score (nSPS) is 14.2. The molecule has 2 aromatic heterocycles. The van der Waals surface area contributed by atoms with Crippen molar-refractivity contribution in [3.63, 3.8) is 0 Å². The van der Waals surface area contributed by atoms with Gasteiger partial charge in [-0.15, -0.1) is 5.10 Å². The molecule has 0 amide bonds. The van der Waals surface area contributed by atoms with Gasteiger partial charge in [-0.2, -0.15) is 5.26 Å². The lowest BCUT2D eigenvalue weighted by Gasteiger charge is -2.35. The molecule has 4 aromatic rings. The Morgan fingerprint density at radius 2 is 1.68 bits per heavy atom. The number of benzene rings is 2. The van der Waals surface area contributed by atoms with Gasteiger partial charge in [0.1, 0.15) is 11.9 Å². The van der Waals surface area contributed by atoms with Crippen molar-refractivity contribution >= 4 is 29.6 Å². The molecule has 0 radical (unpaired) electrons. The van der Waals surface area contributed by atoms with Crippen LogP contribution in [-0.2, 0) is 6.67 Å². The molecule has 1 aliphatic heterocycles. The maximum atomic E-state index is 9.40. The van der Waals surface area contributed by atoms with Gasteiger partial charge in [-0.1, -0.05) is 29.8 Å². The first-order chi connectivity index (χ1) is 16.6. The van der Waals surface area contributed by atoms with Crippen LogP contribution in [-0.4, -0.2) is 50.4 Å². The second-order valence-electron chi connectivity index (χ2n) is 8.02. The quantitative estimate of drug-likeness (QED) is 0.378. The van der Waals surface area contributed by atoms with E-state index in [0.29, 0.717) is 22.0 Å². The molecule has 3 heterocycles. The van der Waals surface area contributed by atoms with Crippen LogP contribution in [0.3, 0.4) is 0 Å². The van der Waals surface area contributed by atoms with Gasteiger partial charge in [0, 0.05) is 48.6 Å². The Labute approximate surface area is 208 Å². The molecule has 0 atom stereocenters. The lowest BCUT2D eigenvalue weighted by atomic mass is 10.2. The van der Waals surface area contributed by atoms with E-state index in [4.69, 9.17) is 28.9 Å². The summed E-state index contributed by atoms with van der Waals surface area (Å²) < 4.78 is 4.51. The highest BCUT2D eigenvalue weighted by Crippen LogP contribution is 2.25. The van der Waals surface area contributed by atoms with Crippen molar-refractivity contribution < 1.29 is 0 Å². The van der Waals surface area contributed by atoms with Crippen molar-refractivity contribution in [2.24, 2.45) is 0 Å². The highest BCUT2D eigenvalue weighted by atomic mass is 35.5. The van der Waals surface area contributed by atoms with E-state index in [9.17, 15) is 5.26 Å². The Bertz CT molecular complexity index is 1380. The first-order valence-electron chi connectivity index (χ1n) is 11.0. The lowest BCUT2D eigenvalue weighted by molar-refractivity contribution is 0.194. The number of nitrogens with zero attached hydrogens (tertiary/aromatic N) is 7. The van der Waals surface area contributed by atoms with Gasteiger partial charge in [0.2, 0.25) is 4.77 Å². The van der Waals surface area contributed by atoms with E-state index in [-0.39, 0.29) is 0 Å². The molecular formula is C25H22ClN7S. The third-order valence-corrected chi connectivity index (χ3v) is 6.51. The van der Waals surface area contributed by atoms with Crippen molar-refractivity contribution in [2.75, 3.05) is 31.1 Å². The molecule has 34 heavy (non-hydrogen) atoms. The van der Waals surface area contributed by atoms with Crippen LogP contribution in [0.5, 0.6) is 0 Å². The molecule has 1 aliphatic rings. The minimum Gasteiger partial charge on any atom is -0.353 e. The number of hydrogen-bond acceptors (Lipinski definition) is 6. The predicted molar refractivity (Wildman–Crippen MR) is 136 cm³/mol. The number of rotatable bonds is 5. The summed E-state index contributed by atoms with van der Waals surface area (Å²) in [5, 5.41) is 15.0. The fraction of sp³-hybridized carbons (Fsp3) is 0.200. The van der Waals surface area contributed by atoms with E-state index in [0.717, 1.165) is 49.1 Å². The van der Waals surface area contributed by atoms with Crippen molar-refractivity contribution in [1.29, 1.82) is 5.26 Å². The molecule has 1 fully saturated rings. The average molecular weight is 488 g/mol. The Morgan fingerprint density at radius 3 is 2.38 bits per heavy atom. The Morgan fingerprint density at radius 1 is 0.941 bits per heavy atom. The summed E-state index contributed by atoms with van der Waals surface area (Å²) in [5.74, 6) is 1.53. The number of nitriles is 1. The number of pyridine rings is 1. The zero-order chi connectivity index (χ0) is 23.5. The van der Waals surface area contributed by atoms with Gasteiger partial charge in [-0.3, -0.25) is 9.47 Å². The van der Waals surface area contributed by atoms with Crippen LogP contribution in [0.25, 0.3) is 17.1 Å². The van der Waals surface area contributed by atoms with Gasteiger partial charge in [0.05, 0.1) is 12.2 Å².